The Labute approximate surface area is 73.3 Å². The van der Waals surface area contributed by atoms with Gasteiger partial charge in [-0.25, -0.2) is 5.84 Å². The van der Waals surface area contributed by atoms with Crippen molar-refractivity contribution in [1.29, 1.82) is 0 Å². The van der Waals surface area contributed by atoms with Crippen LogP contribution < -0.4 is 11.6 Å². The van der Waals surface area contributed by atoms with Crippen molar-refractivity contribution < 1.29 is 0 Å². The Morgan fingerprint density at radius 2 is 2.17 bits per heavy atom. The van der Waals surface area contributed by atoms with Gasteiger partial charge in [-0.2, -0.15) is 0 Å². The van der Waals surface area contributed by atoms with Crippen molar-refractivity contribution in [2.75, 3.05) is 0 Å². The molecule has 0 aliphatic heterocycles. The minimum Gasteiger partial charge on any atom is -0.403 e. The number of rotatable bonds is 4. The molecule has 0 heterocycles. The highest BCUT2D eigenvalue weighted by molar-refractivity contribution is 5.20. The van der Waals surface area contributed by atoms with E-state index >= 15 is 0 Å². The fourth-order valence-electron chi connectivity index (χ4n) is 0.677. The lowest BCUT2D eigenvalue weighted by Crippen LogP contribution is -2.23. The molecular weight excluding hydrogens is 150 g/mol. The minimum absolute atomic E-state index is 0.858. The van der Waals surface area contributed by atoms with Crippen molar-refractivity contribution in [3.05, 3.63) is 49.0 Å². The molecule has 0 unspecified atom stereocenters. The first-order valence-electron chi connectivity index (χ1n) is 3.64. The number of hydrogen-bond donors (Lipinski definition) is 2. The van der Waals surface area contributed by atoms with E-state index in [2.05, 4.69) is 6.58 Å². The van der Waals surface area contributed by atoms with Crippen LogP contribution in [0.1, 0.15) is 6.92 Å². The third kappa shape index (κ3) is 3.63. The average Bonchev–Trinajstić information content (AvgIpc) is 2.06. The standard InChI is InChI=1S/C9H15N3/c1-3-5-6-9(4-2)12(11)8-7-10/h3-8H,1,10-11H2,2H3/b6-5-,8-7-,9-4+. The van der Waals surface area contributed by atoms with Gasteiger partial charge in [0.25, 0.3) is 0 Å². The Hall–Kier alpha value is -1.48. The summed E-state index contributed by atoms with van der Waals surface area (Å²) in [5, 5.41) is 1.43. The monoisotopic (exact) mass is 165 g/mol. The third-order valence-electron chi connectivity index (χ3n) is 1.24. The van der Waals surface area contributed by atoms with E-state index in [1.807, 2.05) is 19.1 Å². The summed E-state index contributed by atoms with van der Waals surface area (Å²) in [7, 11) is 0. The Morgan fingerprint density at radius 3 is 2.58 bits per heavy atom. The molecule has 0 amide bonds. The van der Waals surface area contributed by atoms with Crippen LogP contribution in [-0.2, 0) is 0 Å². The summed E-state index contributed by atoms with van der Waals surface area (Å²) in [6.07, 6.45) is 10.2. The first-order chi connectivity index (χ1) is 5.76. The summed E-state index contributed by atoms with van der Waals surface area (Å²) < 4.78 is 0. The highest BCUT2D eigenvalue weighted by atomic mass is 15.4. The Bertz CT molecular complexity index is 214. The Morgan fingerprint density at radius 1 is 1.50 bits per heavy atom. The molecule has 0 rings (SSSR count). The van der Waals surface area contributed by atoms with Crippen molar-refractivity contribution >= 4 is 0 Å². The van der Waals surface area contributed by atoms with Gasteiger partial charge in [0.05, 0.1) is 5.70 Å². The second-order valence-corrected chi connectivity index (χ2v) is 2.06. The summed E-state index contributed by atoms with van der Waals surface area (Å²) in [6.45, 7) is 5.45. The minimum atomic E-state index is 0.858. The van der Waals surface area contributed by atoms with Crippen molar-refractivity contribution in [3.8, 4) is 0 Å². The summed E-state index contributed by atoms with van der Waals surface area (Å²) >= 11 is 0. The van der Waals surface area contributed by atoms with Crippen molar-refractivity contribution in [2.24, 2.45) is 11.6 Å². The van der Waals surface area contributed by atoms with E-state index in [1.165, 1.54) is 11.2 Å². The van der Waals surface area contributed by atoms with Crippen molar-refractivity contribution in [3.63, 3.8) is 0 Å². The van der Waals surface area contributed by atoms with E-state index in [-0.39, 0.29) is 0 Å². The molecule has 0 aromatic carbocycles. The molecular formula is C9H15N3. The highest BCUT2D eigenvalue weighted by Gasteiger charge is 1.93. The van der Waals surface area contributed by atoms with Crippen LogP contribution in [0.25, 0.3) is 0 Å². The van der Waals surface area contributed by atoms with E-state index in [1.54, 1.807) is 18.4 Å². The smallest absolute Gasteiger partial charge is 0.0526 e. The lowest BCUT2D eigenvalue weighted by Gasteiger charge is -2.13. The van der Waals surface area contributed by atoms with Crippen LogP contribution in [-0.4, -0.2) is 5.01 Å². The molecule has 0 aromatic rings. The first-order valence-corrected chi connectivity index (χ1v) is 3.64. The Balaban J connectivity index is 4.35. The predicted molar refractivity (Wildman–Crippen MR) is 52.4 cm³/mol. The largest absolute Gasteiger partial charge is 0.403 e. The van der Waals surface area contributed by atoms with Gasteiger partial charge < -0.3 is 5.73 Å². The maximum atomic E-state index is 5.59. The summed E-state index contributed by atoms with van der Waals surface area (Å²) in [5.41, 5.74) is 6.03. The van der Waals surface area contributed by atoms with Crippen LogP contribution in [0.5, 0.6) is 0 Å². The summed E-state index contributed by atoms with van der Waals surface area (Å²) in [5.74, 6) is 5.59. The summed E-state index contributed by atoms with van der Waals surface area (Å²) in [6, 6.07) is 0. The zero-order valence-electron chi connectivity index (χ0n) is 7.27. The lowest BCUT2D eigenvalue weighted by atomic mass is 10.3. The molecule has 0 fully saturated rings. The van der Waals surface area contributed by atoms with E-state index in [0.29, 0.717) is 0 Å². The van der Waals surface area contributed by atoms with Crippen LogP contribution >= 0.6 is 0 Å². The molecule has 0 spiro atoms. The molecule has 12 heavy (non-hydrogen) atoms. The normalized spacial score (nSPS) is 12.7. The molecule has 0 saturated carbocycles. The Kier molecular flexibility index (Phi) is 5.47. The van der Waals surface area contributed by atoms with Gasteiger partial charge in [0.2, 0.25) is 0 Å². The second kappa shape index (κ2) is 6.24. The van der Waals surface area contributed by atoms with Gasteiger partial charge in [0.1, 0.15) is 0 Å². The second-order valence-electron chi connectivity index (χ2n) is 2.06. The first kappa shape index (κ1) is 10.5. The molecule has 0 radical (unpaired) electrons. The molecule has 0 atom stereocenters. The summed E-state index contributed by atoms with van der Waals surface area (Å²) in [4.78, 5) is 0. The molecule has 0 bridgehead atoms. The fourth-order valence-corrected chi connectivity index (χ4v) is 0.677. The maximum Gasteiger partial charge on any atom is 0.0526 e. The molecule has 0 aliphatic rings. The predicted octanol–water partition coefficient (Wildman–Crippen LogP) is 1.24. The SMILES string of the molecule is C=C/C=C\C(=C/C)N(N)/C=C\N. The van der Waals surface area contributed by atoms with Crippen LogP contribution in [0.15, 0.2) is 49.0 Å². The van der Waals surface area contributed by atoms with Gasteiger partial charge in [0.15, 0.2) is 0 Å². The van der Waals surface area contributed by atoms with Gasteiger partial charge in [-0.1, -0.05) is 24.8 Å². The zero-order valence-corrected chi connectivity index (χ0v) is 7.27. The van der Waals surface area contributed by atoms with Gasteiger partial charge in [-0.15, -0.1) is 0 Å². The van der Waals surface area contributed by atoms with Crippen molar-refractivity contribution in [1.82, 2.24) is 5.01 Å². The average molecular weight is 165 g/mol. The molecule has 66 valence electrons. The van der Waals surface area contributed by atoms with Gasteiger partial charge in [0, 0.05) is 12.4 Å². The number of nitrogens with two attached hydrogens (primary N) is 2. The topological polar surface area (TPSA) is 55.3 Å². The number of allylic oxidation sites excluding steroid dienone is 4. The maximum absolute atomic E-state index is 5.59. The molecule has 4 N–H and O–H groups in total. The van der Waals surface area contributed by atoms with E-state index in [9.17, 15) is 0 Å². The van der Waals surface area contributed by atoms with Crippen LogP contribution in [0, 0.1) is 0 Å². The van der Waals surface area contributed by atoms with Crippen LogP contribution in [0.2, 0.25) is 0 Å². The molecule has 0 saturated heterocycles. The van der Waals surface area contributed by atoms with Crippen molar-refractivity contribution in [2.45, 2.75) is 6.92 Å². The zero-order chi connectivity index (χ0) is 9.40. The molecule has 3 heteroatoms. The third-order valence-corrected chi connectivity index (χ3v) is 1.24. The number of nitrogens with zero attached hydrogens (tertiary/aromatic N) is 1. The number of hydrogen-bond acceptors (Lipinski definition) is 3. The van der Waals surface area contributed by atoms with E-state index in [0.717, 1.165) is 5.70 Å². The van der Waals surface area contributed by atoms with E-state index in [4.69, 9.17) is 11.6 Å². The van der Waals surface area contributed by atoms with Crippen LogP contribution in [0.3, 0.4) is 0 Å². The van der Waals surface area contributed by atoms with Gasteiger partial charge in [-0.3, -0.25) is 5.01 Å². The molecule has 0 aliphatic carbocycles. The number of hydrazine groups is 1. The lowest BCUT2D eigenvalue weighted by molar-refractivity contribution is 0.506. The quantitative estimate of drug-likeness (QED) is 0.374. The van der Waals surface area contributed by atoms with Gasteiger partial charge in [-0.05, 0) is 13.0 Å². The van der Waals surface area contributed by atoms with Crippen LogP contribution in [0.4, 0.5) is 0 Å². The van der Waals surface area contributed by atoms with E-state index < -0.39 is 0 Å². The molecule has 3 nitrogen and oxygen atoms in total. The highest BCUT2D eigenvalue weighted by Crippen LogP contribution is 2.00. The van der Waals surface area contributed by atoms with Gasteiger partial charge >= 0.3 is 0 Å². The molecule has 0 aromatic heterocycles. The fraction of sp³-hybridized carbons (Fsp3) is 0.111.